The van der Waals surface area contributed by atoms with Crippen LogP contribution >= 0.6 is 0 Å². The third kappa shape index (κ3) is 2.82. The number of methoxy groups -OCH3 is 2. The normalized spacial score (nSPS) is 10.0. The van der Waals surface area contributed by atoms with Gasteiger partial charge in [-0.3, -0.25) is 9.89 Å². The van der Waals surface area contributed by atoms with Crippen LogP contribution in [0.25, 0.3) is 0 Å². The number of hydrogen-bond acceptors (Lipinski definition) is 5. The number of carbonyl (C=O) groups is 1. The van der Waals surface area contributed by atoms with Crippen LogP contribution in [-0.4, -0.2) is 35.3 Å². The predicted molar refractivity (Wildman–Crippen MR) is 67.1 cm³/mol. The Morgan fingerprint density at radius 1 is 1.37 bits per heavy atom. The highest BCUT2D eigenvalue weighted by atomic mass is 16.5. The molecule has 1 aromatic heterocycles. The van der Waals surface area contributed by atoms with Gasteiger partial charge in [-0.05, 0) is 12.1 Å². The van der Waals surface area contributed by atoms with E-state index in [9.17, 15) is 4.79 Å². The zero-order chi connectivity index (χ0) is 13.7. The molecule has 0 saturated heterocycles. The maximum absolute atomic E-state index is 12.1. The van der Waals surface area contributed by atoms with Gasteiger partial charge < -0.3 is 14.8 Å². The number of ether oxygens (including phenoxy) is 2. The quantitative estimate of drug-likeness (QED) is 0.830. The van der Waals surface area contributed by atoms with Gasteiger partial charge >= 0.3 is 0 Å². The van der Waals surface area contributed by atoms with E-state index in [0.29, 0.717) is 22.9 Å². The second-order valence-electron chi connectivity index (χ2n) is 3.66. The minimum Gasteiger partial charge on any atom is -0.493 e. The van der Waals surface area contributed by atoms with Crippen LogP contribution in [0, 0.1) is 0 Å². The lowest BCUT2D eigenvalue weighted by molar-refractivity contribution is 0.0946. The molecular weight excluding hydrogens is 248 g/mol. The van der Waals surface area contributed by atoms with Gasteiger partial charge in [0.05, 0.1) is 26.3 Å². The number of aromatic amines is 1. The van der Waals surface area contributed by atoms with Crippen molar-refractivity contribution in [2.24, 2.45) is 0 Å². The minimum atomic E-state index is -0.271. The topological polar surface area (TPSA) is 89.1 Å². The van der Waals surface area contributed by atoms with Gasteiger partial charge in [-0.2, -0.15) is 5.10 Å². The van der Waals surface area contributed by atoms with Crippen molar-refractivity contribution in [2.75, 3.05) is 14.2 Å². The second kappa shape index (κ2) is 5.85. The molecule has 2 N–H and O–H groups in total. The number of hydrogen-bond donors (Lipinski definition) is 2. The molecule has 0 saturated carbocycles. The summed E-state index contributed by atoms with van der Waals surface area (Å²) in [6.45, 7) is 0.263. The highest BCUT2D eigenvalue weighted by Crippen LogP contribution is 2.30. The van der Waals surface area contributed by atoms with E-state index in [2.05, 4.69) is 20.5 Å². The molecule has 0 aliphatic carbocycles. The number of nitrogens with one attached hydrogen (secondary N) is 2. The molecule has 7 nitrogen and oxygen atoms in total. The van der Waals surface area contributed by atoms with Crippen LogP contribution in [0.1, 0.15) is 16.2 Å². The van der Waals surface area contributed by atoms with E-state index in [4.69, 9.17) is 9.47 Å². The van der Waals surface area contributed by atoms with Crippen LogP contribution in [0.15, 0.2) is 24.5 Å². The fourth-order valence-corrected chi connectivity index (χ4v) is 1.64. The van der Waals surface area contributed by atoms with E-state index in [0.717, 1.165) is 0 Å². The Morgan fingerprint density at radius 3 is 2.84 bits per heavy atom. The summed E-state index contributed by atoms with van der Waals surface area (Å²) in [6, 6.07) is 5.12. The van der Waals surface area contributed by atoms with Crippen molar-refractivity contribution in [1.29, 1.82) is 0 Å². The van der Waals surface area contributed by atoms with Gasteiger partial charge in [0, 0.05) is 0 Å². The lowest BCUT2D eigenvalue weighted by atomic mass is 10.1. The van der Waals surface area contributed by atoms with Gasteiger partial charge in [-0.25, -0.2) is 4.98 Å². The second-order valence-corrected chi connectivity index (χ2v) is 3.66. The van der Waals surface area contributed by atoms with Crippen molar-refractivity contribution in [3.63, 3.8) is 0 Å². The maximum Gasteiger partial charge on any atom is 0.255 e. The molecule has 7 heteroatoms. The average Bonchev–Trinajstić information content (AvgIpc) is 2.97. The molecule has 2 aromatic rings. The summed E-state index contributed by atoms with van der Waals surface area (Å²) >= 11 is 0. The molecule has 0 spiro atoms. The maximum atomic E-state index is 12.1. The molecule has 100 valence electrons. The Hall–Kier alpha value is -2.57. The van der Waals surface area contributed by atoms with Crippen LogP contribution < -0.4 is 14.8 Å². The van der Waals surface area contributed by atoms with E-state index >= 15 is 0 Å². The molecule has 2 rings (SSSR count). The molecule has 0 bridgehead atoms. The molecule has 0 unspecified atom stereocenters. The molecule has 1 aromatic carbocycles. The van der Waals surface area contributed by atoms with Crippen LogP contribution in [-0.2, 0) is 6.54 Å². The zero-order valence-electron chi connectivity index (χ0n) is 10.6. The Morgan fingerprint density at radius 2 is 2.21 bits per heavy atom. The van der Waals surface area contributed by atoms with Gasteiger partial charge in [-0.15, -0.1) is 0 Å². The molecule has 0 atom stereocenters. The van der Waals surface area contributed by atoms with Gasteiger partial charge in [-0.1, -0.05) is 6.07 Å². The summed E-state index contributed by atoms with van der Waals surface area (Å²) < 4.78 is 10.3. The lowest BCUT2D eigenvalue weighted by Gasteiger charge is -2.12. The first-order chi connectivity index (χ1) is 9.26. The Bertz CT molecular complexity index is 554. The first kappa shape index (κ1) is 12.9. The summed E-state index contributed by atoms with van der Waals surface area (Å²) in [5.41, 5.74) is 0.404. The standard InChI is InChI=1S/C12H14N4O3/c1-18-9-5-3-4-8(11(9)19-2)12(17)13-6-10-14-7-15-16-10/h3-5,7H,6H2,1-2H3,(H,13,17)(H,14,15,16). The monoisotopic (exact) mass is 262 g/mol. The van der Waals surface area contributed by atoms with Crippen molar-refractivity contribution in [2.45, 2.75) is 6.54 Å². The number of benzene rings is 1. The number of nitrogens with zero attached hydrogens (tertiary/aromatic N) is 2. The minimum absolute atomic E-state index is 0.263. The van der Waals surface area contributed by atoms with E-state index in [1.807, 2.05) is 0 Å². The van der Waals surface area contributed by atoms with Gasteiger partial charge in [0.15, 0.2) is 11.5 Å². The predicted octanol–water partition coefficient (Wildman–Crippen LogP) is 0.752. The highest BCUT2D eigenvalue weighted by Gasteiger charge is 2.16. The van der Waals surface area contributed by atoms with Crippen LogP contribution in [0.2, 0.25) is 0 Å². The van der Waals surface area contributed by atoms with Gasteiger partial charge in [0.25, 0.3) is 5.91 Å². The number of amides is 1. The summed E-state index contributed by atoms with van der Waals surface area (Å²) in [5, 5.41) is 9.08. The van der Waals surface area contributed by atoms with E-state index in [1.54, 1.807) is 18.2 Å². The third-order valence-electron chi connectivity index (χ3n) is 2.53. The summed E-state index contributed by atoms with van der Waals surface area (Å²) in [7, 11) is 3.01. The smallest absolute Gasteiger partial charge is 0.255 e. The van der Waals surface area contributed by atoms with E-state index in [-0.39, 0.29) is 12.5 Å². The van der Waals surface area contributed by atoms with E-state index in [1.165, 1.54) is 20.5 Å². The summed E-state index contributed by atoms with van der Waals surface area (Å²) in [5.74, 6) is 1.22. The first-order valence-corrected chi connectivity index (χ1v) is 5.59. The van der Waals surface area contributed by atoms with Crippen molar-refractivity contribution in [1.82, 2.24) is 20.5 Å². The fraction of sp³-hybridized carbons (Fsp3) is 0.250. The lowest BCUT2D eigenvalue weighted by Crippen LogP contribution is -2.24. The SMILES string of the molecule is COc1cccc(C(=O)NCc2ncn[nH]2)c1OC. The molecule has 1 amide bonds. The number of para-hydroxylation sites is 1. The molecule has 0 radical (unpaired) electrons. The van der Waals surface area contributed by atoms with Crippen molar-refractivity contribution < 1.29 is 14.3 Å². The van der Waals surface area contributed by atoms with Crippen LogP contribution in [0.3, 0.4) is 0 Å². The molecule has 0 fully saturated rings. The summed E-state index contributed by atoms with van der Waals surface area (Å²) in [4.78, 5) is 16.0. The van der Waals surface area contributed by atoms with Gasteiger partial charge in [0.1, 0.15) is 12.2 Å². The number of rotatable bonds is 5. The zero-order valence-corrected chi connectivity index (χ0v) is 10.6. The van der Waals surface area contributed by atoms with Crippen molar-refractivity contribution in [3.8, 4) is 11.5 Å². The van der Waals surface area contributed by atoms with Crippen molar-refractivity contribution >= 4 is 5.91 Å². The number of aromatic nitrogens is 3. The molecule has 1 heterocycles. The number of carbonyl (C=O) groups excluding carboxylic acids is 1. The van der Waals surface area contributed by atoms with Crippen LogP contribution in [0.4, 0.5) is 0 Å². The Kier molecular flexibility index (Phi) is 3.97. The summed E-state index contributed by atoms with van der Waals surface area (Å²) in [6.07, 6.45) is 1.38. The highest BCUT2D eigenvalue weighted by molar-refractivity contribution is 5.97. The Balaban J connectivity index is 2.14. The molecular formula is C12H14N4O3. The number of H-pyrrole nitrogens is 1. The largest absolute Gasteiger partial charge is 0.493 e. The van der Waals surface area contributed by atoms with Crippen LogP contribution in [0.5, 0.6) is 11.5 Å². The third-order valence-corrected chi connectivity index (χ3v) is 2.53. The fourth-order valence-electron chi connectivity index (χ4n) is 1.64. The Labute approximate surface area is 110 Å². The molecule has 0 aliphatic rings. The first-order valence-electron chi connectivity index (χ1n) is 5.59. The van der Waals surface area contributed by atoms with Crippen molar-refractivity contribution in [3.05, 3.63) is 35.9 Å². The molecule has 19 heavy (non-hydrogen) atoms. The average molecular weight is 262 g/mol. The molecule has 0 aliphatic heterocycles. The van der Waals surface area contributed by atoms with Gasteiger partial charge in [0.2, 0.25) is 0 Å². The van der Waals surface area contributed by atoms with E-state index < -0.39 is 0 Å².